The summed E-state index contributed by atoms with van der Waals surface area (Å²) in [5.41, 5.74) is 2.78. The first-order chi connectivity index (χ1) is 9.60. The molecule has 0 radical (unpaired) electrons. The summed E-state index contributed by atoms with van der Waals surface area (Å²) >= 11 is 5.79. The topological polar surface area (TPSA) is 59.0 Å². The average Bonchev–Trinajstić information content (AvgIpc) is 2.79. The molecule has 0 aliphatic heterocycles. The molecule has 106 valence electrons. The summed E-state index contributed by atoms with van der Waals surface area (Å²) in [5, 5.41) is 10.4. The number of nitrogens with zero attached hydrogens (tertiary/aromatic N) is 2. The molecule has 0 bridgehead atoms. The Kier molecular flexibility index (Phi) is 4.63. The molecule has 0 saturated carbocycles. The van der Waals surface area contributed by atoms with Gasteiger partial charge < -0.3 is 10.6 Å². The Morgan fingerprint density at radius 2 is 2.05 bits per heavy atom. The maximum Gasteiger partial charge on any atom is 0.319 e. The molecule has 0 aliphatic rings. The van der Waals surface area contributed by atoms with Crippen LogP contribution in [-0.2, 0) is 13.1 Å². The number of amides is 2. The molecule has 2 N–H and O–H groups in total. The van der Waals surface area contributed by atoms with Gasteiger partial charge in [-0.3, -0.25) is 4.68 Å². The fraction of sp³-hybridized carbons (Fsp3) is 0.286. The third-order valence-electron chi connectivity index (χ3n) is 3.05. The van der Waals surface area contributed by atoms with Crippen LogP contribution < -0.4 is 10.6 Å². The van der Waals surface area contributed by atoms with Crippen molar-refractivity contribution < 1.29 is 4.79 Å². The quantitative estimate of drug-likeness (QED) is 0.909. The van der Waals surface area contributed by atoms with E-state index < -0.39 is 0 Å². The number of nitrogens with one attached hydrogen (secondary N) is 2. The Hall–Kier alpha value is -2.01. The maximum absolute atomic E-state index is 11.8. The van der Waals surface area contributed by atoms with E-state index in [4.69, 9.17) is 11.6 Å². The molecule has 0 fully saturated rings. The lowest BCUT2D eigenvalue weighted by atomic mass is 10.2. The predicted molar refractivity (Wildman–Crippen MR) is 79.9 cm³/mol. The van der Waals surface area contributed by atoms with Gasteiger partial charge in [-0.1, -0.05) is 11.6 Å². The molecule has 1 aromatic heterocycles. The van der Waals surface area contributed by atoms with E-state index in [2.05, 4.69) is 15.7 Å². The Labute approximate surface area is 122 Å². The second-order valence-corrected chi connectivity index (χ2v) is 4.82. The fourth-order valence-corrected chi connectivity index (χ4v) is 1.99. The first kappa shape index (κ1) is 14.4. The zero-order valence-corrected chi connectivity index (χ0v) is 12.2. The number of anilines is 1. The van der Waals surface area contributed by atoms with Crippen LogP contribution in [0.25, 0.3) is 0 Å². The van der Waals surface area contributed by atoms with Gasteiger partial charge >= 0.3 is 6.03 Å². The van der Waals surface area contributed by atoms with E-state index in [-0.39, 0.29) is 6.03 Å². The summed E-state index contributed by atoms with van der Waals surface area (Å²) in [4.78, 5) is 11.8. The molecule has 0 spiro atoms. The molecule has 2 amide bonds. The van der Waals surface area contributed by atoms with Crippen LogP contribution in [0.15, 0.2) is 30.5 Å². The highest BCUT2D eigenvalue weighted by Gasteiger charge is 2.07. The van der Waals surface area contributed by atoms with Crippen LogP contribution in [0.2, 0.25) is 5.02 Å². The highest BCUT2D eigenvalue weighted by Crippen LogP contribution is 2.13. The maximum atomic E-state index is 11.8. The molecule has 0 saturated heterocycles. The minimum absolute atomic E-state index is 0.254. The third kappa shape index (κ3) is 3.51. The van der Waals surface area contributed by atoms with Crippen molar-refractivity contribution in [2.45, 2.75) is 26.9 Å². The minimum Gasteiger partial charge on any atom is -0.334 e. The van der Waals surface area contributed by atoms with Crippen LogP contribution in [0.3, 0.4) is 0 Å². The summed E-state index contributed by atoms with van der Waals surface area (Å²) in [5.74, 6) is 0. The summed E-state index contributed by atoms with van der Waals surface area (Å²) < 4.78 is 1.90. The van der Waals surface area contributed by atoms with Crippen molar-refractivity contribution in [3.63, 3.8) is 0 Å². The molecule has 2 rings (SSSR count). The molecular formula is C14H17ClN4O. The van der Waals surface area contributed by atoms with Gasteiger partial charge in [0, 0.05) is 35.1 Å². The monoisotopic (exact) mass is 292 g/mol. The number of carbonyl (C=O) groups excluding carboxylic acids is 1. The zero-order chi connectivity index (χ0) is 14.5. The summed E-state index contributed by atoms with van der Waals surface area (Å²) in [6.45, 7) is 5.29. The van der Waals surface area contributed by atoms with Crippen molar-refractivity contribution >= 4 is 23.3 Å². The van der Waals surface area contributed by atoms with Crippen molar-refractivity contribution in [2.24, 2.45) is 0 Å². The number of hydrogen-bond acceptors (Lipinski definition) is 2. The number of halogens is 1. The number of rotatable bonds is 4. The zero-order valence-electron chi connectivity index (χ0n) is 11.5. The first-order valence-corrected chi connectivity index (χ1v) is 6.79. The van der Waals surface area contributed by atoms with Gasteiger partial charge in [0.2, 0.25) is 0 Å². The normalized spacial score (nSPS) is 10.3. The van der Waals surface area contributed by atoms with Gasteiger partial charge in [0.25, 0.3) is 0 Å². The van der Waals surface area contributed by atoms with Crippen LogP contribution in [0.1, 0.15) is 18.2 Å². The average molecular weight is 293 g/mol. The number of benzene rings is 1. The van der Waals surface area contributed by atoms with Gasteiger partial charge in [0.1, 0.15) is 0 Å². The molecule has 1 aromatic carbocycles. The molecule has 2 aromatic rings. The molecule has 5 nitrogen and oxygen atoms in total. The number of hydrogen-bond donors (Lipinski definition) is 2. The lowest BCUT2D eigenvalue weighted by Crippen LogP contribution is -2.28. The van der Waals surface area contributed by atoms with Crippen LogP contribution in [0.4, 0.5) is 10.5 Å². The second kappa shape index (κ2) is 6.43. The van der Waals surface area contributed by atoms with Crippen LogP contribution in [0.5, 0.6) is 0 Å². The highest BCUT2D eigenvalue weighted by atomic mass is 35.5. The van der Waals surface area contributed by atoms with Gasteiger partial charge in [0.05, 0.1) is 6.20 Å². The van der Waals surface area contributed by atoms with Crippen molar-refractivity contribution in [1.82, 2.24) is 15.1 Å². The van der Waals surface area contributed by atoms with Crippen LogP contribution in [-0.4, -0.2) is 15.8 Å². The van der Waals surface area contributed by atoms with Gasteiger partial charge in [-0.15, -0.1) is 0 Å². The van der Waals surface area contributed by atoms with Gasteiger partial charge in [-0.05, 0) is 38.1 Å². The van der Waals surface area contributed by atoms with Crippen LogP contribution in [0, 0.1) is 6.92 Å². The summed E-state index contributed by atoms with van der Waals surface area (Å²) in [6.07, 6.45) is 1.78. The molecule has 6 heteroatoms. The van der Waals surface area contributed by atoms with E-state index in [9.17, 15) is 4.79 Å². The highest BCUT2D eigenvalue weighted by molar-refractivity contribution is 6.30. The molecule has 1 heterocycles. The van der Waals surface area contributed by atoms with E-state index >= 15 is 0 Å². The number of aromatic nitrogens is 2. The molecule has 0 aliphatic carbocycles. The SMILES string of the molecule is CCn1ncc(CNC(=O)Nc2ccc(Cl)cc2)c1C. The molecule has 0 atom stereocenters. The summed E-state index contributed by atoms with van der Waals surface area (Å²) in [6, 6.07) is 6.71. The standard InChI is InChI=1S/C14H17ClN4O/c1-3-19-10(2)11(9-17-19)8-16-14(20)18-13-6-4-12(15)5-7-13/h4-7,9H,3,8H2,1-2H3,(H2,16,18,20). The Morgan fingerprint density at radius 1 is 1.35 bits per heavy atom. The van der Waals surface area contributed by atoms with Crippen molar-refractivity contribution in [2.75, 3.05) is 5.32 Å². The van der Waals surface area contributed by atoms with E-state index in [0.29, 0.717) is 17.3 Å². The number of urea groups is 1. The number of aryl methyl sites for hydroxylation is 1. The van der Waals surface area contributed by atoms with Crippen molar-refractivity contribution in [3.05, 3.63) is 46.7 Å². The van der Waals surface area contributed by atoms with Gasteiger partial charge in [-0.2, -0.15) is 5.10 Å². The lowest BCUT2D eigenvalue weighted by Gasteiger charge is -2.07. The van der Waals surface area contributed by atoms with E-state index in [1.54, 1.807) is 30.5 Å². The Bertz CT molecular complexity index is 592. The van der Waals surface area contributed by atoms with Crippen LogP contribution >= 0.6 is 11.6 Å². The lowest BCUT2D eigenvalue weighted by molar-refractivity contribution is 0.251. The molecule has 20 heavy (non-hydrogen) atoms. The van der Waals surface area contributed by atoms with Gasteiger partial charge in [0.15, 0.2) is 0 Å². The first-order valence-electron chi connectivity index (χ1n) is 6.42. The Balaban J connectivity index is 1.88. The Morgan fingerprint density at radius 3 is 2.65 bits per heavy atom. The van der Waals surface area contributed by atoms with E-state index in [1.807, 2.05) is 18.5 Å². The minimum atomic E-state index is -0.254. The predicted octanol–water partition coefficient (Wildman–Crippen LogP) is 3.19. The van der Waals surface area contributed by atoms with E-state index in [0.717, 1.165) is 17.8 Å². The van der Waals surface area contributed by atoms with Crippen molar-refractivity contribution in [3.8, 4) is 0 Å². The molecule has 0 unspecified atom stereocenters. The number of carbonyl (C=O) groups is 1. The van der Waals surface area contributed by atoms with Gasteiger partial charge in [-0.25, -0.2) is 4.79 Å². The second-order valence-electron chi connectivity index (χ2n) is 4.39. The smallest absolute Gasteiger partial charge is 0.319 e. The van der Waals surface area contributed by atoms with Crippen molar-refractivity contribution in [1.29, 1.82) is 0 Å². The van der Waals surface area contributed by atoms with E-state index in [1.165, 1.54) is 0 Å². The fourth-order valence-electron chi connectivity index (χ4n) is 1.86. The largest absolute Gasteiger partial charge is 0.334 e. The molecular weight excluding hydrogens is 276 g/mol. The third-order valence-corrected chi connectivity index (χ3v) is 3.30. The summed E-state index contributed by atoms with van der Waals surface area (Å²) in [7, 11) is 0.